The first-order valence-corrected chi connectivity index (χ1v) is 16.1. The van der Waals surface area contributed by atoms with Gasteiger partial charge in [-0.2, -0.15) is 0 Å². The van der Waals surface area contributed by atoms with Crippen LogP contribution in [0.25, 0.3) is 0 Å². The van der Waals surface area contributed by atoms with Crippen molar-refractivity contribution in [3.63, 3.8) is 0 Å². The third-order valence-electron chi connectivity index (χ3n) is 8.44. The molecular formula is C30H39BrClN3O4S. The van der Waals surface area contributed by atoms with E-state index in [-0.39, 0.29) is 46.9 Å². The average molecular weight is 653 g/mol. The second-order valence-corrected chi connectivity index (χ2v) is 14.3. The van der Waals surface area contributed by atoms with E-state index < -0.39 is 28.7 Å². The van der Waals surface area contributed by atoms with E-state index in [4.69, 9.17) is 11.6 Å². The van der Waals surface area contributed by atoms with Crippen LogP contribution in [0, 0.1) is 17.8 Å². The molecule has 1 N–H and O–H groups in total. The van der Waals surface area contributed by atoms with Crippen LogP contribution in [0.5, 0.6) is 0 Å². The van der Waals surface area contributed by atoms with E-state index in [0.29, 0.717) is 30.2 Å². The lowest BCUT2D eigenvalue weighted by atomic mass is 9.70. The summed E-state index contributed by atoms with van der Waals surface area (Å²) in [6, 6.07) is 5.66. The van der Waals surface area contributed by atoms with Crippen molar-refractivity contribution in [1.82, 2.24) is 9.80 Å². The van der Waals surface area contributed by atoms with Crippen molar-refractivity contribution < 1.29 is 19.5 Å². The second-order valence-electron chi connectivity index (χ2n) is 11.2. The molecule has 3 saturated heterocycles. The van der Waals surface area contributed by atoms with Crippen LogP contribution in [0.4, 0.5) is 5.69 Å². The molecule has 3 unspecified atom stereocenters. The number of alkyl halides is 1. The van der Waals surface area contributed by atoms with Crippen LogP contribution in [-0.2, 0) is 14.4 Å². The number of halogens is 2. The van der Waals surface area contributed by atoms with E-state index in [1.807, 2.05) is 26.8 Å². The molecule has 0 saturated carbocycles. The van der Waals surface area contributed by atoms with Gasteiger partial charge in [-0.15, -0.1) is 24.9 Å². The average Bonchev–Trinajstić information content (AvgIpc) is 3.51. The van der Waals surface area contributed by atoms with Crippen LogP contribution in [0.1, 0.15) is 33.6 Å². The van der Waals surface area contributed by atoms with Crippen LogP contribution >= 0.6 is 39.3 Å². The maximum absolute atomic E-state index is 14.7. The predicted molar refractivity (Wildman–Crippen MR) is 166 cm³/mol. The molecule has 1 aromatic rings. The zero-order valence-electron chi connectivity index (χ0n) is 23.3. The highest BCUT2D eigenvalue weighted by Gasteiger charge is 2.76. The molecule has 1 aromatic carbocycles. The van der Waals surface area contributed by atoms with Crippen molar-refractivity contribution in [3.05, 3.63) is 54.6 Å². The number of carbonyl (C=O) groups is 3. The smallest absolute Gasteiger partial charge is 0.251 e. The summed E-state index contributed by atoms with van der Waals surface area (Å²) in [6.07, 6.45) is 4.69. The Labute approximate surface area is 255 Å². The van der Waals surface area contributed by atoms with Crippen molar-refractivity contribution in [2.24, 2.45) is 17.8 Å². The number of hydrogen-bond acceptors (Lipinski definition) is 5. The van der Waals surface area contributed by atoms with Crippen molar-refractivity contribution in [1.29, 1.82) is 0 Å². The standard InChI is InChI=1S/C30H39BrClN3O4S/c1-6-13-33(14-7-2)27(37)23-24-28(38)35(22(17-36)18(4)5)26(30(24)16-19(31)25(23)40-30)29(39)34(15-8-3)21-12-10-9-11-20(21)32/h6,8-12,18-19,22-26,36H,1,3,7,13-17H2,2,4-5H3/t19?,22-,23+,24-,25+,26?,30?/m0/s1. The van der Waals surface area contributed by atoms with Gasteiger partial charge in [0, 0.05) is 29.7 Å². The number of aliphatic hydroxyl groups is 1. The number of nitrogens with zero attached hydrogens (tertiary/aromatic N) is 3. The third-order valence-corrected chi connectivity index (χ3v) is 12.0. The number of fused-ring (bicyclic) bond motifs is 1. The SMILES string of the molecule is C=CCN(CCC)C(=O)[C@H]1[C@@H]2SC3(CC2Br)C(C(=O)N(CC=C)c2ccccc2Cl)N([C@@H](CO)C(C)C)C(=O)[C@H]13. The molecule has 0 aromatic heterocycles. The molecule has 7 atom stereocenters. The van der Waals surface area contributed by atoms with Gasteiger partial charge >= 0.3 is 0 Å². The van der Waals surface area contributed by atoms with Gasteiger partial charge in [-0.05, 0) is 30.9 Å². The number of benzene rings is 1. The molecule has 1 spiro atoms. The Kier molecular flexibility index (Phi) is 9.80. The summed E-state index contributed by atoms with van der Waals surface area (Å²) in [5, 5.41) is 10.8. The molecule has 10 heteroatoms. The van der Waals surface area contributed by atoms with Gasteiger partial charge < -0.3 is 19.8 Å². The normalized spacial score (nSPS) is 29.4. The minimum Gasteiger partial charge on any atom is -0.394 e. The van der Waals surface area contributed by atoms with E-state index in [9.17, 15) is 19.5 Å². The van der Waals surface area contributed by atoms with Crippen molar-refractivity contribution in [3.8, 4) is 0 Å². The van der Waals surface area contributed by atoms with Crippen LogP contribution in [0.2, 0.25) is 5.02 Å². The Morgan fingerprint density at radius 2 is 1.93 bits per heavy atom. The van der Waals surface area contributed by atoms with Gasteiger partial charge in [0.2, 0.25) is 11.8 Å². The van der Waals surface area contributed by atoms with Crippen LogP contribution in [0.15, 0.2) is 49.6 Å². The summed E-state index contributed by atoms with van der Waals surface area (Å²) in [7, 11) is 0. The number of rotatable bonds is 12. The van der Waals surface area contributed by atoms with Crippen LogP contribution < -0.4 is 4.90 Å². The number of hydrogen-bond donors (Lipinski definition) is 1. The lowest BCUT2D eigenvalue weighted by Crippen LogP contribution is -2.59. The molecule has 7 nitrogen and oxygen atoms in total. The lowest BCUT2D eigenvalue weighted by Gasteiger charge is -2.41. The number of carbonyl (C=O) groups excluding carboxylic acids is 3. The van der Waals surface area contributed by atoms with Gasteiger partial charge in [-0.1, -0.05) is 72.6 Å². The Hall–Kier alpha value is -1.81. The first kappa shape index (κ1) is 31.1. The topological polar surface area (TPSA) is 81.2 Å². The van der Waals surface area contributed by atoms with Crippen LogP contribution in [0.3, 0.4) is 0 Å². The molecule has 0 radical (unpaired) electrons. The molecule has 218 valence electrons. The lowest BCUT2D eigenvalue weighted by molar-refractivity contribution is -0.146. The number of thioether (sulfide) groups is 1. The van der Waals surface area contributed by atoms with Crippen molar-refractivity contribution >= 4 is 62.7 Å². The van der Waals surface area contributed by atoms with Gasteiger partial charge in [0.15, 0.2) is 0 Å². The molecule has 3 aliphatic heterocycles. The Morgan fingerprint density at radius 1 is 1.25 bits per heavy atom. The van der Waals surface area contributed by atoms with E-state index in [1.165, 1.54) is 0 Å². The zero-order valence-corrected chi connectivity index (χ0v) is 26.5. The fraction of sp³-hybridized carbons (Fsp3) is 0.567. The summed E-state index contributed by atoms with van der Waals surface area (Å²) in [5.74, 6) is -1.95. The Morgan fingerprint density at radius 3 is 2.50 bits per heavy atom. The second kappa shape index (κ2) is 12.6. The maximum atomic E-state index is 14.7. The molecule has 3 fully saturated rings. The van der Waals surface area contributed by atoms with E-state index in [1.54, 1.807) is 56.8 Å². The fourth-order valence-electron chi connectivity index (χ4n) is 6.79. The van der Waals surface area contributed by atoms with E-state index in [2.05, 4.69) is 29.1 Å². The number of para-hydroxylation sites is 1. The van der Waals surface area contributed by atoms with Gasteiger partial charge in [0.1, 0.15) is 6.04 Å². The summed E-state index contributed by atoms with van der Waals surface area (Å²) >= 11 is 12.0. The first-order valence-electron chi connectivity index (χ1n) is 13.9. The minimum atomic E-state index is -0.882. The number of aliphatic hydroxyl groups excluding tert-OH is 1. The molecule has 4 rings (SSSR count). The Balaban J connectivity index is 1.87. The predicted octanol–water partition coefficient (Wildman–Crippen LogP) is 4.77. The number of likely N-dealkylation sites (tertiary alicyclic amines) is 1. The minimum absolute atomic E-state index is 0.0437. The third kappa shape index (κ3) is 5.05. The first-order chi connectivity index (χ1) is 19.1. The van der Waals surface area contributed by atoms with E-state index in [0.717, 1.165) is 6.42 Å². The fourth-order valence-corrected chi connectivity index (χ4v) is 10.6. The molecule has 3 aliphatic rings. The largest absolute Gasteiger partial charge is 0.394 e. The quantitative estimate of drug-likeness (QED) is 0.260. The van der Waals surface area contributed by atoms with Crippen molar-refractivity contribution in [2.75, 3.05) is 31.1 Å². The van der Waals surface area contributed by atoms with Crippen molar-refractivity contribution in [2.45, 2.75) is 60.5 Å². The number of anilines is 1. The van der Waals surface area contributed by atoms with Gasteiger partial charge in [-0.25, -0.2) is 0 Å². The highest BCUT2D eigenvalue weighted by molar-refractivity contribution is 9.09. The van der Waals surface area contributed by atoms with Crippen LogP contribution in [-0.4, -0.2) is 85.8 Å². The summed E-state index contributed by atoms with van der Waals surface area (Å²) in [6.45, 7) is 14.5. The van der Waals surface area contributed by atoms with Gasteiger partial charge in [-0.3, -0.25) is 14.4 Å². The molecule has 3 heterocycles. The summed E-state index contributed by atoms with van der Waals surface area (Å²) in [4.78, 5) is 48.3. The van der Waals surface area contributed by atoms with Gasteiger partial charge in [0.25, 0.3) is 5.91 Å². The highest BCUT2D eigenvalue weighted by Crippen LogP contribution is 2.68. The molecule has 2 bridgehead atoms. The summed E-state index contributed by atoms with van der Waals surface area (Å²) < 4.78 is -0.831. The highest BCUT2D eigenvalue weighted by atomic mass is 79.9. The zero-order chi connectivity index (χ0) is 29.4. The molecule has 3 amide bonds. The monoisotopic (exact) mass is 651 g/mol. The molecular weight excluding hydrogens is 614 g/mol. The number of amides is 3. The van der Waals surface area contributed by atoms with E-state index >= 15 is 0 Å². The molecule has 0 aliphatic carbocycles. The maximum Gasteiger partial charge on any atom is 0.251 e. The summed E-state index contributed by atoms with van der Waals surface area (Å²) in [5.41, 5.74) is 0.534. The molecule has 40 heavy (non-hydrogen) atoms. The Bertz CT molecular complexity index is 1170. The van der Waals surface area contributed by atoms with Gasteiger partial charge in [0.05, 0.1) is 39.9 Å².